The molecule has 0 saturated carbocycles. The first-order valence-corrected chi connectivity index (χ1v) is 5.44. The van der Waals surface area contributed by atoms with Crippen molar-refractivity contribution < 1.29 is 0 Å². The summed E-state index contributed by atoms with van der Waals surface area (Å²) in [4.78, 5) is 2.73. The molecule has 2 aliphatic rings. The average Bonchev–Trinajstić information content (AvgIpc) is 2.04. The van der Waals surface area contributed by atoms with Crippen LogP contribution in [0.1, 0.15) is 46.0 Å². The highest BCUT2D eigenvalue weighted by Gasteiger charge is 2.38. The van der Waals surface area contributed by atoms with Gasteiger partial charge >= 0.3 is 0 Å². The summed E-state index contributed by atoms with van der Waals surface area (Å²) in [6, 6.07) is 0.903. The number of rotatable bonds is 0. The molecule has 0 aromatic rings. The maximum absolute atomic E-state index is 2.73. The Hall–Kier alpha value is -0.0400. The van der Waals surface area contributed by atoms with Crippen molar-refractivity contribution in [1.82, 2.24) is 4.90 Å². The fourth-order valence-electron chi connectivity index (χ4n) is 3.05. The molecule has 70 valence electrons. The lowest BCUT2D eigenvalue weighted by Gasteiger charge is -2.49. The molecule has 0 aromatic heterocycles. The second-order valence-corrected chi connectivity index (χ2v) is 5.14. The lowest BCUT2D eigenvalue weighted by molar-refractivity contribution is 0.0112. The molecular formula is C11H21N. The Kier molecular flexibility index (Phi) is 2.16. The summed E-state index contributed by atoms with van der Waals surface area (Å²) in [6.45, 7) is 7.65. The summed E-state index contributed by atoms with van der Waals surface area (Å²) < 4.78 is 0. The summed E-state index contributed by atoms with van der Waals surface area (Å²) in [5.74, 6) is 0. The molecule has 0 spiro atoms. The zero-order chi connectivity index (χ0) is 8.60. The van der Waals surface area contributed by atoms with Gasteiger partial charge in [-0.05, 0) is 44.2 Å². The van der Waals surface area contributed by atoms with Crippen LogP contribution in [0.25, 0.3) is 0 Å². The predicted octanol–water partition coefficient (Wildman–Crippen LogP) is 2.66. The largest absolute Gasteiger partial charge is 0.300 e. The molecule has 2 heterocycles. The van der Waals surface area contributed by atoms with Crippen molar-refractivity contribution in [3.63, 3.8) is 0 Å². The fraction of sp³-hybridized carbons (Fsp3) is 1.00. The Bertz CT molecular complexity index is 160. The van der Waals surface area contributed by atoms with E-state index in [1.807, 2.05) is 0 Å². The minimum absolute atomic E-state index is 0.596. The van der Waals surface area contributed by atoms with Gasteiger partial charge in [-0.3, -0.25) is 4.90 Å². The highest BCUT2D eigenvalue weighted by molar-refractivity contribution is 4.92. The van der Waals surface area contributed by atoms with Gasteiger partial charge in [-0.15, -0.1) is 0 Å². The van der Waals surface area contributed by atoms with Crippen molar-refractivity contribution in [2.45, 2.75) is 52.0 Å². The first kappa shape index (κ1) is 8.55. The van der Waals surface area contributed by atoms with Crippen LogP contribution in [0.3, 0.4) is 0 Å². The van der Waals surface area contributed by atoms with E-state index in [1.165, 1.54) is 45.2 Å². The number of nitrogens with zero attached hydrogens (tertiary/aromatic N) is 1. The number of piperidine rings is 2. The normalized spacial score (nSPS) is 36.0. The highest BCUT2D eigenvalue weighted by Crippen LogP contribution is 2.39. The molecule has 0 bridgehead atoms. The molecule has 2 fully saturated rings. The minimum Gasteiger partial charge on any atom is -0.300 e. The topological polar surface area (TPSA) is 3.24 Å². The summed E-state index contributed by atoms with van der Waals surface area (Å²) in [7, 11) is 0. The number of fused-ring (bicyclic) bond motifs is 1. The molecule has 12 heavy (non-hydrogen) atoms. The molecule has 1 unspecified atom stereocenters. The second kappa shape index (κ2) is 3.02. The van der Waals surface area contributed by atoms with Gasteiger partial charge in [0.05, 0.1) is 0 Å². The summed E-state index contributed by atoms with van der Waals surface area (Å²) >= 11 is 0. The van der Waals surface area contributed by atoms with Gasteiger partial charge in [0, 0.05) is 6.04 Å². The van der Waals surface area contributed by atoms with E-state index in [2.05, 4.69) is 18.7 Å². The third-order valence-electron chi connectivity index (χ3n) is 3.78. The molecule has 0 aliphatic carbocycles. The molecular weight excluding hydrogens is 146 g/mol. The lowest BCUT2D eigenvalue weighted by atomic mass is 9.73. The van der Waals surface area contributed by atoms with Crippen molar-refractivity contribution >= 4 is 0 Å². The molecule has 1 atom stereocenters. The number of hydrogen-bond donors (Lipinski definition) is 0. The Morgan fingerprint density at radius 2 is 1.83 bits per heavy atom. The van der Waals surface area contributed by atoms with Crippen molar-refractivity contribution in [3.05, 3.63) is 0 Å². The molecule has 2 aliphatic heterocycles. The monoisotopic (exact) mass is 167 g/mol. The summed E-state index contributed by atoms with van der Waals surface area (Å²) in [6.07, 6.45) is 7.21. The first-order valence-electron chi connectivity index (χ1n) is 5.44. The molecule has 0 aromatic carbocycles. The molecule has 2 rings (SSSR count). The molecule has 1 heteroatoms. The van der Waals surface area contributed by atoms with Crippen LogP contribution in [0.2, 0.25) is 0 Å². The Balaban J connectivity index is 2.09. The van der Waals surface area contributed by atoms with E-state index < -0.39 is 0 Å². The van der Waals surface area contributed by atoms with Crippen LogP contribution >= 0.6 is 0 Å². The number of hydrogen-bond acceptors (Lipinski definition) is 1. The summed E-state index contributed by atoms with van der Waals surface area (Å²) in [5.41, 5.74) is 0.596. The van der Waals surface area contributed by atoms with Gasteiger partial charge in [0.1, 0.15) is 0 Å². The van der Waals surface area contributed by atoms with Gasteiger partial charge in [0.2, 0.25) is 0 Å². The molecule has 2 saturated heterocycles. The van der Waals surface area contributed by atoms with Crippen molar-refractivity contribution in [2.24, 2.45) is 5.41 Å². The van der Waals surface area contributed by atoms with Gasteiger partial charge < -0.3 is 0 Å². The zero-order valence-electron chi connectivity index (χ0n) is 8.47. The van der Waals surface area contributed by atoms with E-state index in [4.69, 9.17) is 0 Å². The molecule has 0 radical (unpaired) electrons. The average molecular weight is 167 g/mol. The van der Waals surface area contributed by atoms with E-state index in [1.54, 1.807) is 0 Å². The van der Waals surface area contributed by atoms with Crippen LogP contribution in [-0.4, -0.2) is 24.0 Å². The van der Waals surface area contributed by atoms with Crippen LogP contribution in [-0.2, 0) is 0 Å². The zero-order valence-corrected chi connectivity index (χ0v) is 8.47. The Morgan fingerprint density at radius 1 is 1.08 bits per heavy atom. The summed E-state index contributed by atoms with van der Waals surface area (Å²) in [5, 5.41) is 0. The predicted molar refractivity (Wildman–Crippen MR) is 52.2 cm³/mol. The first-order chi connectivity index (χ1) is 5.70. The third-order valence-corrected chi connectivity index (χ3v) is 3.78. The van der Waals surface area contributed by atoms with E-state index in [-0.39, 0.29) is 0 Å². The van der Waals surface area contributed by atoms with Crippen LogP contribution < -0.4 is 0 Å². The van der Waals surface area contributed by atoms with Crippen molar-refractivity contribution in [2.75, 3.05) is 13.1 Å². The van der Waals surface area contributed by atoms with Crippen molar-refractivity contribution in [3.8, 4) is 0 Å². The van der Waals surface area contributed by atoms with Gasteiger partial charge in [-0.1, -0.05) is 20.3 Å². The van der Waals surface area contributed by atoms with Crippen LogP contribution in [0.5, 0.6) is 0 Å². The van der Waals surface area contributed by atoms with Gasteiger partial charge in [0.25, 0.3) is 0 Å². The Labute approximate surface area is 76.1 Å². The fourth-order valence-corrected chi connectivity index (χ4v) is 3.05. The minimum atomic E-state index is 0.596. The maximum Gasteiger partial charge on any atom is 0.0146 e. The smallest absolute Gasteiger partial charge is 0.0146 e. The van der Waals surface area contributed by atoms with Crippen LogP contribution in [0.15, 0.2) is 0 Å². The van der Waals surface area contributed by atoms with Gasteiger partial charge in [-0.2, -0.15) is 0 Å². The Morgan fingerprint density at radius 3 is 2.58 bits per heavy atom. The third kappa shape index (κ3) is 1.39. The van der Waals surface area contributed by atoms with Gasteiger partial charge in [-0.25, -0.2) is 0 Å². The SMILES string of the molecule is CC1(C)CCCN2CCCCC21. The second-order valence-electron chi connectivity index (χ2n) is 5.14. The maximum atomic E-state index is 2.73. The van der Waals surface area contributed by atoms with E-state index in [0.717, 1.165) is 6.04 Å². The standard InChI is InChI=1S/C11H21N/c1-11(2)7-5-9-12-8-4-3-6-10(11)12/h10H,3-9H2,1-2H3. The quantitative estimate of drug-likeness (QED) is 0.536. The highest BCUT2D eigenvalue weighted by atomic mass is 15.2. The van der Waals surface area contributed by atoms with Crippen LogP contribution in [0.4, 0.5) is 0 Å². The lowest BCUT2D eigenvalue weighted by Crippen LogP contribution is -2.51. The van der Waals surface area contributed by atoms with Gasteiger partial charge in [0.15, 0.2) is 0 Å². The van der Waals surface area contributed by atoms with E-state index in [9.17, 15) is 0 Å². The van der Waals surface area contributed by atoms with Crippen LogP contribution in [0, 0.1) is 5.41 Å². The molecule has 0 N–H and O–H groups in total. The molecule has 1 nitrogen and oxygen atoms in total. The molecule has 0 amide bonds. The van der Waals surface area contributed by atoms with Crippen molar-refractivity contribution in [1.29, 1.82) is 0 Å². The van der Waals surface area contributed by atoms with E-state index in [0.29, 0.717) is 5.41 Å². The van der Waals surface area contributed by atoms with E-state index >= 15 is 0 Å².